The van der Waals surface area contributed by atoms with Crippen LogP contribution in [0.15, 0.2) is 18.3 Å². The molecule has 2 atom stereocenters. The molecule has 186 valence electrons. The summed E-state index contributed by atoms with van der Waals surface area (Å²) in [6.45, 7) is 1.13. The van der Waals surface area contributed by atoms with Crippen LogP contribution in [0.2, 0.25) is 5.02 Å². The first-order valence-electron chi connectivity index (χ1n) is 11.3. The Labute approximate surface area is 206 Å². The number of methoxy groups -OCH3 is 2. The van der Waals surface area contributed by atoms with Crippen molar-refractivity contribution in [2.45, 2.75) is 31.4 Å². The number of hydrogen-bond donors (Lipinski definition) is 4. The van der Waals surface area contributed by atoms with E-state index in [-0.39, 0.29) is 24.4 Å². The zero-order valence-electron chi connectivity index (χ0n) is 19.5. The lowest BCUT2D eigenvalue weighted by Gasteiger charge is -2.22. The quantitative estimate of drug-likeness (QED) is 0.265. The van der Waals surface area contributed by atoms with Gasteiger partial charge in [-0.25, -0.2) is 4.98 Å². The number of benzene rings is 1. The molecular formula is C22H28ClN9O3. The molecule has 0 spiro atoms. The van der Waals surface area contributed by atoms with Crippen LogP contribution < -0.4 is 27.0 Å². The number of anilines is 6. The zero-order chi connectivity index (χ0) is 24.7. The molecule has 0 bridgehead atoms. The highest BCUT2D eigenvalue weighted by molar-refractivity contribution is 6.36. The van der Waals surface area contributed by atoms with Crippen LogP contribution in [0.5, 0.6) is 0 Å². The third-order valence-electron chi connectivity index (χ3n) is 6.31. The van der Waals surface area contributed by atoms with Gasteiger partial charge < -0.3 is 36.5 Å². The second-order valence-electron chi connectivity index (χ2n) is 8.87. The summed E-state index contributed by atoms with van der Waals surface area (Å²) in [5.74, 6) is 0.968. The molecule has 0 amide bonds. The summed E-state index contributed by atoms with van der Waals surface area (Å²) in [5.41, 5.74) is 14.6. The van der Waals surface area contributed by atoms with E-state index in [4.69, 9.17) is 32.5 Å². The number of rotatable bonds is 8. The third kappa shape index (κ3) is 4.71. The molecule has 2 aromatic heterocycles. The predicted molar refractivity (Wildman–Crippen MR) is 134 cm³/mol. The van der Waals surface area contributed by atoms with Crippen LogP contribution >= 0.6 is 11.6 Å². The molecule has 1 aliphatic carbocycles. The lowest BCUT2D eigenvalue weighted by atomic mass is 10.0. The van der Waals surface area contributed by atoms with Crippen LogP contribution in [0.3, 0.4) is 0 Å². The minimum absolute atomic E-state index is 0.0348. The minimum Gasteiger partial charge on any atom is -0.469 e. The highest BCUT2D eigenvalue weighted by Gasteiger charge is 2.36. The minimum atomic E-state index is -0.276. The maximum Gasteiger partial charge on any atom is 0.305 e. The summed E-state index contributed by atoms with van der Waals surface area (Å²) < 4.78 is 12.0. The van der Waals surface area contributed by atoms with E-state index in [9.17, 15) is 4.79 Å². The Balaban J connectivity index is 1.44. The first-order chi connectivity index (χ1) is 16.9. The van der Waals surface area contributed by atoms with Gasteiger partial charge in [0, 0.05) is 37.8 Å². The second-order valence-corrected chi connectivity index (χ2v) is 9.25. The van der Waals surface area contributed by atoms with E-state index < -0.39 is 0 Å². The van der Waals surface area contributed by atoms with E-state index in [1.807, 2.05) is 0 Å². The van der Waals surface area contributed by atoms with Gasteiger partial charge in [-0.15, -0.1) is 5.10 Å². The first-order valence-corrected chi connectivity index (χ1v) is 11.7. The van der Waals surface area contributed by atoms with Gasteiger partial charge >= 0.3 is 5.97 Å². The van der Waals surface area contributed by atoms with Crippen LogP contribution in [0.25, 0.3) is 5.65 Å². The molecule has 1 aromatic carbocycles. The van der Waals surface area contributed by atoms with Crippen LogP contribution in [0.4, 0.5) is 34.6 Å². The van der Waals surface area contributed by atoms with Crippen LogP contribution in [0, 0.1) is 5.92 Å². The number of imidazole rings is 1. The lowest BCUT2D eigenvalue weighted by molar-refractivity contribution is -0.142. The van der Waals surface area contributed by atoms with Crippen LogP contribution in [-0.4, -0.2) is 65.0 Å². The Morgan fingerprint density at radius 2 is 2.06 bits per heavy atom. The summed E-state index contributed by atoms with van der Waals surface area (Å²) in [5, 5.41) is 11.5. The number of nitrogen functional groups attached to an aromatic ring is 2. The van der Waals surface area contributed by atoms with Crippen molar-refractivity contribution in [3.8, 4) is 0 Å². The third-order valence-corrected chi connectivity index (χ3v) is 6.71. The molecule has 6 N–H and O–H groups in total. The number of ether oxygens (including phenoxy) is 2. The highest BCUT2D eigenvalue weighted by Crippen LogP contribution is 2.40. The van der Waals surface area contributed by atoms with Gasteiger partial charge in [0.05, 0.1) is 42.2 Å². The number of carbonyl (C=O) groups excluding carboxylic acids is 1. The topological polar surface area (TPSA) is 158 Å². The molecule has 12 nitrogen and oxygen atoms in total. The Morgan fingerprint density at radius 1 is 1.26 bits per heavy atom. The Bertz CT molecular complexity index is 1260. The van der Waals surface area contributed by atoms with Gasteiger partial charge in [0.25, 0.3) is 0 Å². The van der Waals surface area contributed by atoms with E-state index in [1.54, 1.807) is 25.4 Å². The fourth-order valence-electron chi connectivity index (χ4n) is 4.34. The number of carbonyl (C=O) groups is 1. The molecule has 13 heteroatoms. The molecule has 3 heterocycles. The summed E-state index contributed by atoms with van der Waals surface area (Å²) >= 11 is 6.84. The Hall–Kier alpha value is -3.51. The van der Waals surface area contributed by atoms with Crippen molar-refractivity contribution in [1.29, 1.82) is 0 Å². The standard InChI is InChI=1S/C22H28ClN9O3/c1-34-16-10-31(9-11(16)5-18(33)35-2)15-7-12(24)6-14(19(15)23)28-22-29-20(27-13-3-4-13)21-26-8-17(25)32(21)30-22/h6-8,11,13,16H,3-5,9-10,24-25H2,1-2H3,(H2,27,28,29,30)/t11-,16-/m0/s1. The van der Waals surface area contributed by atoms with Gasteiger partial charge in [-0.2, -0.15) is 9.50 Å². The summed E-state index contributed by atoms with van der Waals surface area (Å²) in [6, 6.07) is 3.89. The average molecular weight is 502 g/mol. The average Bonchev–Trinajstić information content (AvgIpc) is 3.44. The molecular weight excluding hydrogens is 474 g/mol. The molecule has 2 aliphatic rings. The summed E-state index contributed by atoms with van der Waals surface area (Å²) in [6.07, 6.45) is 3.81. The number of hydrogen-bond acceptors (Lipinski definition) is 11. The predicted octanol–water partition coefficient (Wildman–Crippen LogP) is 2.27. The van der Waals surface area contributed by atoms with Gasteiger partial charge in [0.2, 0.25) is 5.95 Å². The number of aromatic nitrogens is 4. The second kappa shape index (κ2) is 9.27. The monoisotopic (exact) mass is 501 g/mol. The zero-order valence-corrected chi connectivity index (χ0v) is 20.2. The van der Waals surface area contributed by atoms with E-state index in [1.165, 1.54) is 11.6 Å². The normalized spacial score (nSPS) is 19.8. The van der Waals surface area contributed by atoms with E-state index in [0.717, 1.165) is 18.5 Å². The number of esters is 1. The van der Waals surface area contributed by atoms with Crippen molar-refractivity contribution < 1.29 is 14.3 Å². The molecule has 35 heavy (non-hydrogen) atoms. The van der Waals surface area contributed by atoms with Gasteiger partial charge in [-0.05, 0) is 25.0 Å². The summed E-state index contributed by atoms with van der Waals surface area (Å²) in [7, 11) is 3.01. The number of fused-ring (bicyclic) bond motifs is 1. The Kier molecular flexibility index (Phi) is 6.15. The smallest absolute Gasteiger partial charge is 0.305 e. The highest BCUT2D eigenvalue weighted by atomic mass is 35.5. The molecule has 1 aliphatic heterocycles. The Morgan fingerprint density at radius 3 is 2.77 bits per heavy atom. The summed E-state index contributed by atoms with van der Waals surface area (Å²) in [4.78, 5) is 22.8. The number of nitrogens with zero attached hydrogens (tertiary/aromatic N) is 5. The van der Waals surface area contributed by atoms with E-state index >= 15 is 0 Å². The maximum absolute atomic E-state index is 11.9. The van der Waals surface area contributed by atoms with Gasteiger partial charge in [-0.3, -0.25) is 4.79 Å². The SMILES string of the molecule is COC(=O)C[C@H]1CN(c2cc(N)cc(Nc3nc(NC4CC4)c4ncc(N)n4n3)c2Cl)C[C@@H]1OC. The molecule has 0 radical (unpaired) electrons. The fraction of sp³-hybridized carbons (Fsp3) is 0.455. The molecule has 0 unspecified atom stereocenters. The van der Waals surface area contributed by atoms with E-state index in [2.05, 4.69) is 30.6 Å². The fourth-order valence-corrected chi connectivity index (χ4v) is 4.62. The van der Waals surface area contributed by atoms with Crippen molar-refractivity contribution in [2.75, 3.05) is 54.3 Å². The number of halogens is 1. The maximum atomic E-state index is 11.9. The first kappa shape index (κ1) is 23.2. The largest absolute Gasteiger partial charge is 0.469 e. The van der Waals surface area contributed by atoms with Crippen LogP contribution in [-0.2, 0) is 14.3 Å². The van der Waals surface area contributed by atoms with Gasteiger partial charge in [0.15, 0.2) is 11.5 Å². The van der Waals surface area contributed by atoms with Crippen molar-refractivity contribution in [3.63, 3.8) is 0 Å². The number of nitrogens with one attached hydrogen (secondary N) is 2. The van der Waals surface area contributed by atoms with Crippen LogP contribution in [0.1, 0.15) is 19.3 Å². The molecule has 3 aromatic rings. The van der Waals surface area contributed by atoms with Crippen molar-refractivity contribution in [3.05, 3.63) is 23.4 Å². The van der Waals surface area contributed by atoms with E-state index in [0.29, 0.717) is 58.8 Å². The van der Waals surface area contributed by atoms with Gasteiger partial charge in [-0.1, -0.05) is 11.6 Å². The van der Waals surface area contributed by atoms with Gasteiger partial charge in [0.1, 0.15) is 5.82 Å². The number of nitrogens with two attached hydrogens (primary N) is 2. The molecule has 5 rings (SSSR count). The van der Waals surface area contributed by atoms with Crippen molar-refractivity contribution in [1.82, 2.24) is 19.6 Å². The van der Waals surface area contributed by atoms with Crippen molar-refractivity contribution >= 4 is 57.9 Å². The molecule has 1 saturated heterocycles. The molecule has 2 fully saturated rings. The molecule has 1 saturated carbocycles. The lowest BCUT2D eigenvalue weighted by Crippen LogP contribution is -2.24. The van der Waals surface area contributed by atoms with Crippen molar-refractivity contribution in [2.24, 2.45) is 5.92 Å².